The molecule has 2 atom stereocenters. The molecule has 0 saturated heterocycles. The van der Waals surface area contributed by atoms with Crippen LogP contribution in [0, 0.1) is 0 Å². The molecule has 4 nitrogen and oxygen atoms in total. The lowest BCUT2D eigenvalue weighted by Crippen LogP contribution is -2.44. The van der Waals surface area contributed by atoms with Gasteiger partial charge in [-0.15, -0.1) is 0 Å². The molecular weight excluding hydrogens is 140 g/mol. The molecule has 0 fully saturated rings. The molecule has 1 unspecified atom stereocenters. The van der Waals surface area contributed by atoms with Crippen molar-refractivity contribution in [3.05, 3.63) is 0 Å². The number of rotatable bonds is 3. The number of thiol groups is 1. The van der Waals surface area contributed by atoms with Gasteiger partial charge in [0, 0.05) is 0 Å². The maximum atomic E-state index is 10.3. The molecule has 0 aromatic carbocycles. The van der Waals surface area contributed by atoms with E-state index >= 15 is 0 Å². The van der Waals surface area contributed by atoms with Gasteiger partial charge in [-0.3, -0.25) is 9.52 Å². The average Bonchev–Trinajstić information content (AvgIpc) is 1.64. The standard InChI is InChI=1S/C4H10N2O2S/c1-2(7)3(6-9)4(5)8/h2-3,6-7,9H,1H3,(H2,5,8)/t2-,3?/m1/s1. The topological polar surface area (TPSA) is 75.3 Å². The van der Waals surface area contributed by atoms with Crippen LogP contribution < -0.4 is 10.5 Å². The second-order valence-electron chi connectivity index (χ2n) is 1.75. The molecule has 0 spiro atoms. The van der Waals surface area contributed by atoms with Crippen molar-refractivity contribution in [2.45, 2.75) is 19.1 Å². The predicted molar refractivity (Wildman–Crippen MR) is 36.8 cm³/mol. The van der Waals surface area contributed by atoms with Gasteiger partial charge in [0.2, 0.25) is 5.91 Å². The molecule has 9 heavy (non-hydrogen) atoms. The molecule has 54 valence electrons. The van der Waals surface area contributed by atoms with Crippen LogP contribution >= 0.6 is 12.8 Å². The Hall–Kier alpha value is -0.260. The molecule has 0 heterocycles. The lowest BCUT2D eigenvalue weighted by molar-refractivity contribution is -0.121. The first-order valence-electron chi connectivity index (χ1n) is 2.46. The lowest BCUT2D eigenvalue weighted by atomic mass is 10.2. The van der Waals surface area contributed by atoms with Crippen LogP contribution in [0.15, 0.2) is 0 Å². The number of nitrogens with two attached hydrogens (primary N) is 1. The Balaban J connectivity index is 3.83. The van der Waals surface area contributed by atoms with Gasteiger partial charge in [-0.25, -0.2) is 0 Å². The number of hydrogen-bond donors (Lipinski definition) is 4. The Labute approximate surface area is 59.0 Å². The van der Waals surface area contributed by atoms with Gasteiger partial charge >= 0.3 is 0 Å². The van der Waals surface area contributed by atoms with Crippen molar-refractivity contribution < 1.29 is 9.90 Å². The van der Waals surface area contributed by atoms with Crippen LogP contribution in [0.5, 0.6) is 0 Å². The highest BCUT2D eigenvalue weighted by Gasteiger charge is 2.18. The molecule has 0 bridgehead atoms. The van der Waals surface area contributed by atoms with Crippen LogP contribution in [0.4, 0.5) is 0 Å². The van der Waals surface area contributed by atoms with Crippen molar-refractivity contribution in [3.8, 4) is 0 Å². The van der Waals surface area contributed by atoms with Crippen LogP contribution in [0.2, 0.25) is 0 Å². The summed E-state index contributed by atoms with van der Waals surface area (Å²) in [6.45, 7) is 1.46. The molecule has 1 amide bonds. The third kappa shape index (κ3) is 2.69. The minimum Gasteiger partial charge on any atom is -0.391 e. The van der Waals surface area contributed by atoms with Crippen molar-refractivity contribution >= 4 is 18.7 Å². The molecule has 0 radical (unpaired) electrons. The van der Waals surface area contributed by atoms with Crippen molar-refractivity contribution in [2.75, 3.05) is 0 Å². The predicted octanol–water partition coefficient (Wildman–Crippen LogP) is -1.34. The van der Waals surface area contributed by atoms with E-state index in [4.69, 9.17) is 10.8 Å². The number of aliphatic hydroxyl groups is 1. The summed E-state index contributed by atoms with van der Waals surface area (Å²) in [6.07, 6.45) is -0.806. The van der Waals surface area contributed by atoms with E-state index in [0.717, 1.165) is 0 Å². The Morgan fingerprint density at radius 3 is 2.33 bits per heavy atom. The highest BCUT2D eigenvalue weighted by Crippen LogP contribution is 1.90. The van der Waals surface area contributed by atoms with E-state index in [0.29, 0.717) is 0 Å². The zero-order valence-corrected chi connectivity index (χ0v) is 5.93. The summed E-state index contributed by atoms with van der Waals surface area (Å²) in [5.74, 6) is -0.611. The molecular formula is C4H10N2O2S. The first-order chi connectivity index (χ1) is 4.09. The highest BCUT2D eigenvalue weighted by molar-refractivity contribution is 7.78. The van der Waals surface area contributed by atoms with E-state index in [1.54, 1.807) is 0 Å². The Morgan fingerprint density at radius 2 is 2.33 bits per heavy atom. The quantitative estimate of drug-likeness (QED) is 0.376. The van der Waals surface area contributed by atoms with Gasteiger partial charge in [-0.1, -0.05) is 12.8 Å². The smallest absolute Gasteiger partial charge is 0.238 e. The SMILES string of the molecule is C[C@@H](O)C(NS)C(N)=O. The maximum absolute atomic E-state index is 10.3. The Bertz CT molecular complexity index is 107. The van der Waals surface area contributed by atoms with Gasteiger partial charge in [-0.05, 0) is 6.92 Å². The summed E-state index contributed by atoms with van der Waals surface area (Å²) in [4.78, 5) is 10.3. The number of amides is 1. The lowest BCUT2D eigenvalue weighted by Gasteiger charge is -2.13. The normalized spacial score (nSPS) is 16.8. The van der Waals surface area contributed by atoms with Gasteiger partial charge < -0.3 is 10.8 Å². The van der Waals surface area contributed by atoms with E-state index in [1.165, 1.54) is 6.92 Å². The molecule has 4 N–H and O–H groups in total. The highest BCUT2D eigenvalue weighted by atomic mass is 32.1. The number of nitrogens with one attached hydrogen (secondary N) is 1. The molecule has 0 aliphatic rings. The van der Waals surface area contributed by atoms with Crippen LogP contribution in [-0.2, 0) is 4.79 Å². The molecule has 0 aromatic rings. The van der Waals surface area contributed by atoms with Crippen LogP contribution in [0.25, 0.3) is 0 Å². The van der Waals surface area contributed by atoms with Crippen molar-refractivity contribution in [3.63, 3.8) is 0 Å². The maximum Gasteiger partial charge on any atom is 0.238 e. The first-order valence-corrected chi connectivity index (χ1v) is 2.91. The minimum absolute atomic E-state index is 0.611. The van der Waals surface area contributed by atoms with Crippen LogP contribution in [0.3, 0.4) is 0 Å². The van der Waals surface area contributed by atoms with Crippen LogP contribution in [0.1, 0.15) is 6.92 Å². The fraction of sp³-hybridized carbons (Fsp3) is 0.750. The molecule has 5 heteroatoms. The third-order valence-electron chi connectivity index (χ3n) is 0.928. The second-order valence-corrected chi connectivity index (χ2v) is 2.01. The Morgan fingerprint density at radius 1 is 1.89 bits per heavy atom. The van der Waals surface area contributed by atoms with Crippen LogP contribution in [-0.4, -0.2) is 23.2 Å². The molecule has 0 aliphatic heterocycles. The van der Waals surface area contributed by atoms with Gasteiger partial charge in [0.15, 0.2) is 0 Å². The van der Waals surface area contributed by atoms with Gasteiger partial charge in [0.05, 0.1) is 6.10 Å². The number of aliphatic hydroxyl groups excluding tert-OH is 1. The van der Waals surface area contributed by atoms with Gasteiger partial charge in [0.25, 0.3) is 0 Å². The third-order valence-corrected chi connectivity index (χ3v) is 1.21. The van der Waals surface area contributed by atoms with Crippen molar-refractivity contribution in [1.82, 2.24) is 4.72 Å². The average molecular weight is 150 g/mol. The van der Waals surface area contributed by atoms with Crippen molar-refractivity contribution in [1.29, 1.82) is 0 Å². The molecule has 0 aliphatic carbocycles. The second kappa shape index (κ2) is 3.71. The first kappa shape index (κ1) is 8.74. The number of carbonyl (C=O) groups is 1. The van der Waals surface area contributed by atoms with Gasteiger partial charge in [0.1, 0.15) is 6.04 Å². The summed E-state index contributed by atoms with van der Waals surface area (Å²) in [7, 11) is 0. The minimum atomic E-state index is -0.806. The fourth-order valence-electron chi connectivity index (χ4n) is 0.409. The number of hydrogen-bond acceptors (Lipinski definition) is 4. The van der Waals surface area contributed by atoms with E-state index < -0.39 is 18.1 Å². The number of primary amides is 1. The molecule has 0 saturated carbocycles. The van der Waals surface area contributed by atoms with E-state index in [2.05, 4.69) is 17.5 Å². The molecule has 0 rings (SSSR count). The zero-order valence-electron chi connectivity index (χ0n) is 5.03. The fourth-order valence-corrected chi connectivity index (χ4v) is 0.752. The number of carbonyl (C=O) groups excluding carboxylic acids is 1. The largest absolute Gasteiger partial charge is 0.391 e. The summed E-state index contributed by atoms with van der Waals surface area (Å²) >= 11 is 3.58. The monoisotopic (exact) mass is 150 g/mol. The van der Waals surface area contributed by atoms with E-state index in [1.807, 2.05) is 0 Å². The van der Waals surface area contributed by atoms with E-state index in [-0.39, 0.29) is 0 Å². The van der Waals surface area contributed by atoms with Gasteiger partial charge in [-0.2, -0.15) is 0 Å². The van der Waals surface area contributed by atoms with Crippen molar-refractivity contribution in [2.24, 2.45) is 5.73 Å². The summed E-state index contributed by atoms with van der Waals surface area (Å²) in [6, 6.07) is -0.770. The summed E-state index contributed by atoms with van der Waals surface area (Å²) < 4.78 is 2.27. The Kier molecular flexibility index (Phi) is 3.60. The van der Waals surface area contributed by atoms with E-state index in [9.17, 15) is 4.79 Å². The zero-order chi connectivity index (χ0) is 7.44. The molecule has 0 aromatic heterocycles. The summed E-state index contributed by atoms with van der Waals surface area (Å²) in [5, 5.41) is 8.77. The summed E-state index contributed by atoms with van der Waals surface area (Å²) in [5.41, 5.74) is 4.84.